The molecule has 0 fully saturated rings. The van der Waals surface area contributed by atoms with Crippen molar-refractivity contribution in [2.24, 2.45) is 5.92 Å². The van der Waals surface area contributed by atoms with Gasteiger partial charge >= 0.3 is 0 Å². The number of thiophene rings is 1. The van der Waals surface area contributed by atoms with Crippen LogP contribution in [0.4, 0.5) is 0 Å². The third-order valence-corrected chi connectivity index (χ3v) is 5.23. The van der Waals surface area contributed by atoms with E-state index in [0.717, 1.165) is 17.6 Å². The fourth-order valence-electron chi connectivity index (χ4n) is 1.69. The predicted molar refractivity (Wildman–Crippen MR) is 89.1 cm³/mol. The largest absolute Gasteiger partial charge is 0.312 e. The van der Waals surface area contributed by atoms with Gasteiger partial charge in [-0.25, -0.2) is 0 Å². The van der Waals surface area contributed by atoms with Crippen molar-refractivity contribution in [1.82, 2.24) is 5.32 Å². The number of nitrogens with one attached hydrogen (secondary N) is 1. The third kappa shape index (κ3) is 4.95. The van der Waals surface area contributed by atoms with E-state index < -0.39 is 0 Å². The lowest BCUT2D eigenvalue weighted by atomic mass is 10.2. The molecule has 0 amide bonds. The summed E-state index contributed by atoms with van der Waals surface area (Å²) in [4.78, 5) is 1.33. The standard InChI is InChI=1S/C15H18BrNS2/c1-11(2)9-17-10-12-5-6-13(16)8-14(12)19-15-4-3-7-18-15/h3-8,11,17H,9-10H2,1-2H3. The molecular weight excluding hydrogens is 338 g/mol. The molecule has 4 heteroatoms. The summed E-state index contributed by atoms with van der Waals surface area (Å²) in [6.45, 7) is 6.45. The van der Waals surface area contributed by atoms with Crippen molar-refractivity contribution in [3.8, 4) is 0 Å². The second kappa shape index (κ2) is 7.48. The minimum atomic E-state index is 0.684. The Kier molecular flexibility index (Phi) is 5.95. The lowest BCUT2D eigenvalue weighted by Gasteiger charge is -2.11. The zero-order chi connectivity index (χ0) is 13.7. The molecule has 0 atom stereocenters. The molecule has 1 aromatic heterocycles. The van der Waals surface area contributed by atoms with Crippen molar-refractivity contribution in [1.29, 1.82) is 0 Å². The van der Waals surface area contributed by atoms with Gasteiger partial charge in [0, 0.05) is 15.9 Å². The van der Waals surface area contributed by atoms with Crippen LogP contribution in [0.15, 0.2) is 49.3 Å². The van der Waals surface area contributed by atoms with Crippen LogP contribution in [0.25, 0.3) is 0 Å². The Morgan fingerprint density at radius 2 is 2.16 bits per heavy atom. The average Bonchev–Trinajstić information content (AvgIpc) is 2.84. The van der Waals surface area contributed by atoms with Crippen LogP contribution in [0.5, 0.6) is 0 Å². The highest BCUT2D eigenvalue weighted by Crippen LogP contribution is 2.35. The van der Waals surface area contributed by atoms with E-state index in [9.17, 15) is 0 Å². The highest BCUT2D eigenvalue weighted by atomic mass is 79.9. The topological polar surface area (TPSA) is 12.0 Å². The molecule has 2 aromatic rings. The SMILES string of the molecule is CC(C)CNCc1ccc(Br)cc1Sc1cccs1. The van der Waals surface area contributed by atoms with Crippen molar-refractivity contribution in [3.05, 3.63) is 45.7 Å². The highest BCUT2D eigenvalue weighted by molar-refractivity contribution is 9.10. The number of hydrogen-bond acceptors (Lipinski definition) is 3. The summed E-state index contributed by atoms with van der Waals surface area (Å²) < 4.78 is 2.47. The Balaban J connectivity index is 2.09. The fourth-order valence-corrected chi connectivity index (χ4v) is 4.10. The summed E-state index contributed by atoms with van der Waals surface area (Å²) in [6, 6.07) is 10.8. The van der Waals surface area contributed by atoms with Crippen LogP contribution in [-0.2, 0) is 6.54 Å². The Bertz CT molecular complexity index is 509. The number of halogens is 1. The maximum Gasteiger partial charge on any atom is 0.0646 e. The summed E-state index contributed by atoms with van der Waals surface area (Å²) in [7, 11) is 0. The molecule has 0 aliphatic carbocycles. The first-order valence-electron chi connectivity index (χ1n) is 6.35. The van der Waals surface area contributed by atoms with E-state index in [0.29, 0.717) is 5.92 Å². The van der Waals surface area contributed by atoms with Crippen LogP contribution in [0.3, 0.4) is 0 Å². The van der Waals surface area contributed by atoms with Crippen molar-refractivity contribution >= 4 is 39.0 Å². The van der Waals surface area contributed by atoms with E-state index >= 15 is 0 Å². The molecule has 0 saturated carbocycles. The molecule has 0 aliphatic rings. The minimum absolute atomic E-state index is 0.684. The van der Waals surface area contributed by atoms with Crippen LogP contribution in [0.1, 0.15) is 19.4 Å². The zero-order valence-electron chi connectivity index (χ0n) is 11.2. The van der Waals surface area contributed by atoms with Crippen molar-refractivity contribution in [2.75, 3.05) is 6.54 Å². The predicted octanol–water partition coefficient (Wildman–Crippen LogP) is 5.41. The Morgan fingerprint density at radius 1 is 1.32 bits per heavy atom. The van der Waals surface area contributed by atoms with Crippen LogP contribution in [0, 0.1) is 5.92 Å². The van der Waals surface area contributed by atoms with Gasteiger partial charge in [0.05, 0.1) is 4.21 Å². The van der Waals surface area contributed by atoms with E-state index in [4.69, 9.17) is 0 Å². The zero-order valence-corrected chi connectivity index (χ0v) is 14.4. The summed E-state index contributed by atoms with van der Waals surface area (Å²) in [5.41, 5.74) is 1.36. The van der Waals surface area contributed by atoms with Gasteiger partial charge in [0.1, 0.15) is 0 Å². The second-order valence-corrected chi connectivity index (χ2v) is 8.02. The van der Waals surface area contributed by atoms with Crippen molar-refractivity contribution < 1.29 is 0 Å². The molecule has 1 aromatic carbocycles. The summed E-state index contributed by atoms with van der Waals surface area (Å²) in [5.74, 6) is 0.684. The van der Waals surface area contributed by atoms with Crippen molar-refractivity contribution in [2.45, 2.75) is 29.5 Å². The van der Waals surface area contributed by atoms with Crippen LogP contribution >= 0.6 is 39.0 Å². The van der Waals surface area contributed by atoms with Crippen LogP contribution in [0.2, 0.25) is 0 Å². The summed E-state index contributed by atoms with van der Waals surface area (Å²) >= 11 is 7.19. The molecule has 19 heavy (non-hydrogen) atoms. The number of hydrogen-bond donors (Lipinski definition) is 1. The normalized spacial score (nSPS) is 11.2. The minimum Gasteiger partial charge on any atom is -0.312 e. The van der Waals surface area contributed by atoms with Gasteiger partial charge in [0.15, 0.2) is 0 Å². The molecule has 2 rings (SSSR count). The maximum atomic E-state index is 3.56. The molecule has 0 spiro atoms. The van der Waals surface area contributed by atoms with Gasteiger partial charge in [0.2, 0.25) is 0 Å². The fraction of sp³-hybridized carbons (Fsp3) is 0.333. The van der Waals surface area contributed by atoms with E-state index in [1.807, 2.05) is 11.8 Å². The molecule has 0 aliphatic heterocycles. The van der Waals surface area contributed by atoms with Gasteiger partial charge < -0.3 is 5.32 Å². The van der Waals surface area contributed by atoms with Crippen molar-refractivity contribution in [3.63, 3.8) is 0 Å². The first kappa shape index (κ1) is 15.1. The van der Waals surface area contributed by atoms with Gasteiger partial charge in [-0.3, -0.25) is 0 Å². The molecule has 102 valence electrons. The van der Waals surface area contributed by atoms with E-state index in [1.54, 1.807) is 11.3 Å². The Labute approximate surface area is 131 Å². The van der Waals surface area contributed by atoms with E-state index in [1.165, 1.54) is 14.7 Å². The molecular formula is C15H18BrNS2. The highest BCUT2D eigenvalue weighted by Gasteiger charge is 2.06. The van der Waals surface area contributed by atoms with Gasteiger partial charge in [-0.15, -0.1) is 11.3 Å². The molecule has 0 bridgehead atoms. The average molecular weight is 356 g/mol. The smallest absolute Gasteiger partial charge is 0.0646 e. The molecule has 0 saturated heterocycles. The first-order valence-corrected chi connectivity index (χ1v) is 8.84. The van der Waals surface area contributed by atoms with Gasteiger partial charge in [0.25, 0.3) is 0 Å². The summed E-state index contributed by atoms with van der Waals surface area (Å²) in [5, 5.41) is 5.64. The monoisotopic (exact) mass is 355 g/mol. The first-order chi connectivity index (χ1) is 9.15. The molecule has 1 nitrogen and oxygen atoms in total. The van der Waals surface area contributed by atoms with E-state index in [-0.39, 0.29) is 0 Å². The quantitative estimate of drug-likeness (QED) is 0.743. The lowest BCUT2D eigenvalue weighted by molar-refractivity contribution is 0.550. The van der Waals surface area contributed by atoms with E-state index in [2.05, 4.69) is 70.8 Å². The lowest BCUT2D eigenvalue weighted by Crippen LogP contribution is -2.19. The van der Waals surface area contributed by atoms with Crippen LogP contribution in [-0.4, -0.2) is 6.54 Å². The Morgan fingerprint density at radius 3 is 2.84 bits per heavy atom. The Hall–Kier alpha value is -0.290. The maximum absolute atomic E-state index is 3.56. The van der Waals surface area contributed by atoms with Gasteiger partial charge in [-0.2, -0.15) is 0 Å². The number of rotatable bonds is 6. The van der Waals surface area contributed by atoms with Gasteiger partial charge in [-0.1, -0.05) is 53.7 Å². The molecule has 0 unspecified atom stereocenters. The second-order valence-electron chi connectivity index (χ2n) is 4.81. The van der Waals surface area contributed by atoms with Gasteiger partial charge in [-0.05, 0) is 41.6 Å². The number of benzene rings is 1. The summed E-state index contributed by atoms with van der Waals surface area (Å²) in [6.07, 6.45) is 0. The molecule has 1 N–H and O–H groups in total. The van der Waals surface area contributed by atoms with Crippen LogP contribution < -0.4 is 5.32 Å². The molecule has 1 heterocycles. The third-order valence-electron chi connectivity index (χ3n) is 2.60. The molecule has 0 radical (unpaired) electrons.